The largest absolute Gasteiger partial charge is 0.496 e. The number of benzene rings is 3. The van der Waals surface area contributed by atoms with E-state index in [0.717, 1.165) is 4.90 Å². The maximum Gasteiger partial charge on any atom is 0.339 e. The lowest BCUT2D eigenvalue weighted by Crippen LogP contribution is -2.37. The van der Waals surface area contributed by atoms with Gasteiger partial charge in [-0.2, -0.15) is 0 Å². The molecule has 0 N–H and O–H groups in total. The predicted molar refractivity (Wildman–Crippen MR) is 120 cm³/mol. The Morgan fingerprint density at radius 3 is 1.62 bits per heavy atom. The minimum Gasteiger partial charge on any atom is -0.496 e. The van der Waals surface area contributed by atoms with Crippen LogP contribution in [0.4, 0.5) is 0 Å². The summed E-state index contributed by atoms with van der Waals surface area (Å²) in [5.41, 5.74) is 0.952. The number of carbonyl (C=O) groups is 4. The zero-order chi connectivity index (χ0) is 24.1. The van der Waals surface area contributed by atoms with Gasteiger partial charge in [-0.25, -0.2) is 9.59 Å². The van der Waals surface area contributed by atoms with E-state index in [1.54, 1.807) is 60.7 Å². The van der Waals surface area contributed by atoms with E-state index >= 15 is 0 Å². The average molecular weight is 459 g/mol. The van der Waals surface area contributed by atoms with E-state index in [1.165, 1.54) is 31.4 Å². The van der Waals surface area contributed by atoms with E-state index in [9.17, 15) is 19.2 Å². The fraction of sp³-hybridized carbons (Fsp3) is 0.154. The van der Waals surface area contributed by atoms with Gasteiger partial charge in [0.15, 0.2) is 0 Å². The van der Waals surface area contributed by atoms with Crippen LogP contribution in [0, 0.1) is 0 Å². The van der Waals surface area contributed by atoms with E-state index in [1.807, 2.05) is 0 Å². The minimum atomic E-state index is -1.62. The number of para-hydroxylation sites is 1. The van der Waals surface area contributed by atoms with Crippen molar-refractivity contribution in [2.45, 2.75) is 18.8 Å². The van der Waals surface area contributed by atoms with Crippen molar-refractivity contribution in [3.05, 3.63) is 102 Å². The van der Waals surface area contributed by atoms with Crippen LogP contribution in [0.15, 0.2) is 84.9 Å². The Balaban J connectivity index is 1.62. The van der Waals surface area contributed by atoms with Crippen LogP contribution in [0.5, 0.6) is 5.75 Å². The molecule has 1 aliphatic heterocycles. The van der Waals surface area contributed by atoms with Gasteiger partial charge in [0, 0.05) is 5.56 Å². The van der Waals surface area contributed by atoms with Gasteiger partial charge in [-0.1, -0.05) is 54.6 Å². The van der Waals surface area contributed by atoms with Crippen LogP contribution in [0.2, 0.25) is 0 Å². The monoisotopic (exact) mass is 459 g/mol. The third kappa shape index (κ3) is 4.66. The second-order valence-corrected chi connectivity index (χ2v) is 7.46. The Morgan fingerprint density at radius 1 is 0.706 bits per heavy atom. The first-order valence-corrected chi connectivity index (χ1v) is 10.5. The molecule has 1 heterocycles. The molecule has 0 unspecified atom stereocenters. The number of imide groups is 1. The van der Waals surface area contributed by atoms with Crippen LogP contribution in [-0.2, 0) is 25.6 Å². The van der Waals surface area contributed by atoms with Gasteiger partial charge in [0.25, 0.3) is 11.8 Å². The summed E-state index contributed by atoms with van der Waals surface area (Å²) >= 11 is 0. The van der Waals surface area contributed by atoms with Crippen molar-refractivity contribution in [1.82, 2.24) is 4.90 Å². The van der Waals surface area contributed by atoms with Gasteiger partial charge in [-0.15, -0.1) is 0 Å². The number of carbonyl (C=O) groups excluding carboxylic acids is 4. The summed E-state index contributed by atoms with van der Waals surface area (Å²) in [4.78, 5) is 52.6. The van der Waals surface area contributed by atoms with Crippen molar-refractivity contribution in [3.63, 3.8) is 0 Å². The van der Waals surface area contributed by atoms with Crippen LogP contribution in [0.25, 0.3) is 0 Å². The summed E-state index contributed by atoms with van der Waals surface area (Å²) < 4.78 is 16.1. The van der Waals surface area contributed by atoms with Gasteiger partial charge in [0.05, 0.1) is 24.8 Å². The number of hydrogen-bond acceptors (Lipinski definition) is 7. The van der Waals surface area contributed by atoms with Gasteiger partial charge in [-0.05, 0) is 30.3 Å². The normalized spacial score (nSPS) is 17.4. The Morgan fingerprint density at radius 2 is 1.15 bits per heavy atom. The molecule has 0 aliphatic carbocycles. The lowest BCUT2D eigenvalue weighted by atomic mass is 10.2. The lowest BCUT2D eigenvalue weighted by molar-refractivity contribution is -0.142. The molecule has 1 aliphatic rings. The third-order valence-electron chi connectivity index (χ3n) is 5.30. The highest BCUT2D eigenvalue weighted by Crippen LogP contribution is 2.27. The molecule has 8 heteroatoms. The maximum atomic E-state index is 13.2. The molecule has 172 valence electrons. The maximum absolute atomic E-state index is 13.2. The second kappa shape index (κ2) is 9.99. The summed E-state index contributed by atoms with van der Waals surface area (Å²) in [5, 5.41) is 0. The summed E-state index contributed by atoms with van der Waals surface area (Å²) in [6.45, 7) is -0.138. The molecule has 0 aromatic heterocycles. The number of rotatable bonds is 7. The molecule has 1 fully saturated rings. The summed E-state index contributed by atoms with van der Waals surface area (Å²) in [6.07, 6.45) is -3.25. The van der Waals surface area contributed by atoms with Gasteiger partial charge in [0.1, 0.15) is 5.75 Å². The van der Waals surface area contributed by atoms with Crippen molar-refractivity contribution < 1.29 is 33.4 Å². The molecule has 3 aromatic carbocycles. The third-order valence-corrected chi connectivity index (χ3v) is 5.30. The van der Waals surface area contributed by atoms with E-state index in [4.69, 9.17) is 14.2 Å². The lowest BCUT2D eigenvalue weighted by Gasteiger charge is -2.16. The van der Waals surface area contributed by atoms with Crippen LogP contribution in [-0.4, -0.2) is 48.0 Å². The molecule has 3 aromatic rings. The number of amides is 2. The van der Waals surface area contributed by atoms with Crippen LogP contribution < -0.4 is 4.74 Å². The molecule has 2 amide bonds. The fourth-order valence-corrected chi connectivity index (χ4v) is 3.57. The van der Waals surface area contributed by atoms with Gasteiger partial charge in [-0.3, -0.25) is 14.5 Å². The number of methoxy groups -OCH3 is 1. The summed E-state index contributed by atoms with van der Waals surface area (Å²) in [5.74, 6) is -2.72. The van der Waals surface area contributed by atoms with Crippen molar-refractivity contribution in [2.24, 2.45) is 0 Å². The first kappa shape index (κ1) is 22.7. The van der Waals surface area contributed by atoms with Gasteiger partial charge >= 0.3 is 11.9 Å². The zero-order valence-electron chi connectivity index (χ0n) is 18.2. The quantitative estimate of drug-likeness (QED) is 0.396. The summed E-state index contributed by atoms with van der Waals surface area (Å²) in [7, 11) is 1.47. The van der Waals surface area contributed by atoms with Crippen molar-refractivity contribution in [2.75, 3.05) is 7.11 Å². The van der Waals surface area contributed by atoms with Crippen molar-refractivity contribution in [3.8, 4) is 5.75 Å². The average Bonchev–Trinajstić information content (AvgIpc) is 3.09. The molecule has 1 saturated heterocycles. The Labute approximate surface area is 195 Å². The molecular formula is C26H21NO7. The number of esters is 2. The topological polar surface area (TPSA) is 99.2 Å². The Hall–Kier alpha value is -4.46. The number of hydrogen-bond donors (Lipinski definition) is 0. The smallest absolute Gasteiger partial charge is 0.339 e. The second-order valence-electron chi connectivity index (χ2n) is 7.46. The molecule has 2 atom stereocenters. The molecule has 4 rings (SSSR count). The van der Waals surface area contributed by atoms with E-state index in [2.05, 4.69) is 0 Å². The van der Waals surface area contributed by atoms with E-state index in [-0.39, 0.29) is 17.7 Å². The standard InChI is InChI=1S/C26H21NO7/c1-32-20-15-9-8-14-19(20)16-27-23(28)21(33-25(30)17-10-4-2-5-11-17)22(24(27)29)34-26(31)18-12-6-3-7-13-18/h2-15,21-22H,16H2,1H3/t21-,22-/m0/s1. The van der Waals surface area contributed by atoms with Crippen LogP contribution in [0.3, 0.4) is 0 Å². The van der Waals surface area contributed by atoms with E-state index in [0.29, 0.717) is 11.3 Å². The molecule has 8 nitrogen and oxygen atoms in total. The summed E-state index contributed by atoms with van der Waals surface area (Å²) in [6, 6.07) is 22.9. The molecular weight excluding hydrogens is 438 g/mol. The highest BCUT2D eigenvalue weighted by molar-refractivity contribution is 6.10. The number of ether oxygens (including phenoxy) is 3. The molecule has 0 bridgehead atoms. The first-order valence-electron chi connectivity index (χ1n) is 10.5. The minimum absolute atomic E-state index is 0.138. The highest BCUT2D eigenvalue weighted by atomic mass is 16.6. The van der Waals surface area contributed by atoms with Gasteiger partial charge < -0.3 is 14.2 Å². The predicted octanol–water partition coefficient (Wildman–Crippen LogP) is 3.02. The van der Waals surface area contributed by atoms with Gasteiger partial charge in [0.2, 0.25) is 12.2 Å². The van der Waals surface area contributed by atoms with E-state index < -0.39 is 36.0 Å². The number of nitrogens with zero attached hydrogens (tertiary/aromatic N) is 1. The molecule has 34 heavy (non-hydrogen) atoms. The highest BCUT2D eigenvalue weighted by Gasteiger charge is 2.53. The SMILES string of the molecule is COc1ccccc1CN1C(=O)[C@@H](OC(=O)c2ccccc2)[C@H](OC(=O)c2ccccc2)C1=O. The van der Waals surface area contributed by atoms with Crippen molar-refractivity contribution >= 4 is 23.8 Å². The fourth-order valence-electron chi connectivity index (χ4n) is 3.57. The molecule has 0 spiro atoms. The van der Waals surface area contributed by atoms with Crippen LogP contribution >= 0.6 is 0 Å². The molecule has 0 saturated carbocycles. The Kier molecular flexibility index (Phi) is 6.68. The first-order chi connectivity index (χ1) is 16.5. The van der Waals surface area contributed by atoms with Crippen molar-refractivity contribution in [1.29, 1.82) is 0 Å². The zero-order valence-corrected chi connectivity index (χ0v) is 18.2. The molecule has 0 radical (unpaired) electrons. The number of likely N-dealkylation sites (tertiary alicyclic amines) is 1. The Bertz CT molecular complexity index is 1140. The van der Waals surface area contributed by atoms with Crippen LogP contribution in [0.1, 0.15) is 26.3 Å².